The van der Waals surface area contributed by atoms with E-state index in [1.807, 2.05) is 109 Å². The number of aliphatic hydroxyl groups is 2. The van der Waals surface area contributed by atoms with E-state index in [0.29, 0.717) is 162 Å². The third kappa shape index (κ3) is 28.6. The minimum atomic E-state index is -3.47. The minimum absolute atomic E-state index is 0.0302. The fourth-order valence-corrected chi connectivity index (χ4v) is 10.6. The Morgan fingerprint density at radius 1 is 0.500 bits per heavy atom. The van der Waals surface area contributed by atoms with Gasteiger partial charge in [-0.3, -0.25) is 0 Å². The van der Waals surface area contributed by atoms with Gasteiger partial charge in [0, 0.05) is 58.9 Å². The van der Waals surface area contributed by atoms with Crippen LogP contribution in [0.15, 0.2) is 103 Å². The van der Waals surface area contributed by atoms with E-state index in [2.05, 4.69) is 47.5 Å². The third-order valence-electron chi connectivity index (χ3n) is 14.6. The molecule has 27 heteroatoms. The molecule has 510 valence electrons. The van der Waals surface area contributed by atoms with Crippen LogP contribution in [0.25, 0.3) is 22.5 Å². The summed E-state index contributed by atoms with van der Waals surface area (Å²) in [5.41, 5.74) is 11.3. The van der Waals surface area contributed by atoms with Crippen LogP contribution in [0.5, 0.6) is 0 Å². The van der Waals surface area contributed by atoms with Gasteiger partial charge in [-0.25, -0.2) is 37.7 Å². The molecule has 4 heterocycles. The van der Waals surface area contributed by atoms with E-state index in [1.54, 1.807) is 12.3 Å². The van der Waals surface area contributed by atoms with Gasteiger partial charge >= 0.3 is 0 Å². The summed E-state index contributed by atoms with van der Waals surface area (Å²) >= 11 is 0. The largest absolute Gasteiger partial charge is 0.394 e. The predicted octanol–water partition coefficient (Wildman–Crippen LogP) is 5.44. The smallest absolute Gasteiger partial charge is 0.247 e. The van der Waals surface area contributed by atoms with E-state index < -0.39 is 9.84 Å². The summed E-state index contributed by atoms with van der Waals surface area (Å²) in [6.45, 7) is 10.7. The van der Waals surface area contributed by atoms with Crippen LogP contribution in [0, 0.1) is 0 Å². The Morgan fingerprint density at radius 3 is 1.26 bits per heavy atom. The Bertz CT molecular complexity index is 2990. The molecule has 2 aromatic carbocycles. The Kier molecular flexibility index (Phi) is 35.6. The number of nitrogens with two attached hydrogens (primary N) is 1. The molecule has 2 saturated carbocycles. The van der Waals surface area contributed by atoms with E-state index in [0.717, 1.165) is 91.6 Å². The van der Waals surface area contributed by atoms with Crippen molar-refractivity contribution >= 4 is 27.4 Å². The highest BCUT2D eigenvalue weighted by Gasteiger charge is 2.24. The van der Waals surface area contributed by atoms with Crippen LogP contribution in [-0.4, -0.2) is 249 Å². The lowest BCUT2D eigenvalue weighted by molar-refractivity contribution is -0.0309. The fraction of sp³-hybridized carbons (Fsp3) is 0.600. The van der Waals surface area contributed by atoms with Crippen LogP contribution < -0.4 is 20.9 Å². The molecule has 8 rings (SSSR count). The van der Waals surface area contributed by atoms with Gasteiger partial charge in [-0.2, -0.15) is 10.2 Å². The van der Waals surface area contributed by atoms with Crippen molar-refractivity contribution in [2.45, 2.75) is 93.9 Å². The summed E-state index contributed by atoms with van der Waals surface area (Å²) in [6, 6.07) is 24.6. The standard InChI is InChI=1S/C32H48N6O6.C17H19N5O2S.C16H33NO6/c1-37(2)31-29(24-34-38(31)25-26-6-4-3-5-7-26)30-12-13-33-32(36-30)35-27-8-10-28(11-9-27)44-23-22-43-21-20-42-19-18-41-17-16-40-15-14-39;1-21(2)16-14(15-9-10-18-17(20-15)25(3,23)24)11-19-22(16)12-13-7-5-4-6-8-13;17-15-1-3-16(4-2-15)23-14-13-22-12-11-21-10-9-20-8-7-19-6-5-18/h3-7,12-13,24,27-28,39H,8-11,14-23,25H2,1-2H3,(H,33,35,36);4-11H,12H2,1-3H3;15-16,18H,1-14,17H2. The van der Waals surface area contributed by atoms with Crippen LogP contribution in [0.1, 0.15) is 62.5 Å². The van der Waals surface area contributed by atoms with Crippen molar-refractivity contribution in [1.82, 2.24) is 39.5 Å². The number of aliphatic hydroxyl groups excluding tert-OH is 2. The molecule has 0 bridgehead atoms. The van der Waals surface area contributed by atoms with Gasteiger partial charge in [-0.15, -0.1) is 0 Å². The van der Waals surface area contributed by atoms with Crippen LogP contribution in [0.2, 0.25) is 0 Å². The lowest BCUT2D eigenvalue weighted by Crippen LogP contribution is -2.31. The number of nitrogens with zero attached hydrogens (tertiary/aromatic N) is 10. The monoisotopic (exact) mass is 1300 g/mol. The van der Waals surface area contributed by atoms with Gasteiger partial charge < -0.3 is 78.4 Å². The van der Waals surface area contributed by atoms with Gasteiger partial charge in [0.05, 0.1) is 192 Å². The number of rotatable bonds is 41. The summed E-state index contributed by atoms with van der Waals surface area (Å²) in [5.74, 6) is 2.50. The normalized spacial score (nSPS) is 16.5. The summed E-state index contributed by atoms with van der Waals surface area (Å²) in [5, 5.41) is 29.6. The molecule has 2 fully saturated rings. The van der Waals surface area contributed by atoms with Gasteiger partial charge in [0.15, 0.2) is 0 Å². The van der Waals surface area contributed by atoms with Crippen LogP contribution in [0.3, 0.4) is 0 Å². The number of nitrogens with one attached hydrogen (secondary N) is 1. The molecule has 2 aliphatic rings. The van der Waals surface area contributed by atoms with Crippen molar-refractivity contribution in [2.24, 2.45) is 5.73 Å². The first-order chi connectivity index (χ1) is 44.8. The second-order valence-electron chi connectivity index (χ2n) is 22.3. The molecular weight excluding hydrogens is 1200 g/mol. The van der Waals surface area contributed by atoms with E-state index in [-0.39, 0.29) is 24.5 Å². The molecular formula is C65H100N12O14S. The summed E-state index contributed by atoms with van der Waals surface area (Å²) < 4.78 is 82.0. The zero-order valence-electron chi connectivity index (χ0n) is 54.5. The van der Waals surface area contributed by atoms with Crippen LogP contribution in [-0.2, 0) is 70.3 Å². The maximum Gasteiger partial charge on any atom is 0.247 e. The highest BCUT2D eigenvalue weighted by Crippen LogP contribution is 2.32. The average molecular weight is 1310 g/mol. The molecule has 0 amide bonds. The highest BCUT2D eigenvalue weighted by molar-refractivity contribution is 7.90. The molecule has 6 aromatic rings. The molecule has 0 spiro atoms. The molecule has 0 unspecified atom stereocenters. The predicted molar refractivity (Wildman–Crippen MR) is 352 cm³/mol. The van der Waals surface area contributed by atoms with E-state index in [4.69, 9.17) is 68.3 Å². The van der Waals surface area contributed by atoms with E-state index in [1.165, 1.54) is 11.8 Å². The van der Waals surface area contributed by atoms with Gasteiger partial charge in [0.1, 0.15) is 11.6 Å². The first-order valence-corrected chi connectivity index (χ1v) is 33.7. The van der Waals surface area contributed by atoms with Gasteiger partial charge in [0.25, 0.3) is 0 Å². The zero-order valence-corrected chi connectivity index (χ0v) is 55.3. The Morgan fingerprint density at radius 2 is 0.870 bits per heavy atom. The van der Waals surface area contributed by atoms with Crippen molar-refractivity contribution < 1.29 is 66.0 Å². The van der Waals surface area contributed by atoms with Gasteiger partial charge in [-0.1, -0.05) is 60.7 Å². The molecule has 0 aliphatic heterocycles. The Balaban J connectivity index is 0.000000238. The van der Waals surface area contributed by atoms with Crippen LogP contribution >= 0.6 is 0 Å². The first kappa shape index (κ1) is 74.9. The maximum atomic E-state index is 11.7. The number of anilines is 3. The topological polar surface area (TPSA) is 299 Å². The molecule has 92 heavy (non-hydrogen) atoms. The Labute approximate surface area is 543 Å². The summed E-state index contributed by atoms with van der Waals surface area (Å²) in [6.07, 6.45) is 16.8. The lowest BCUT2D eigenvalue weighted by Gasteiger charge is -2.29. The second-order valence-corrected chi connectivity index (χ2v) is 24.3. The fourth-order valence-electron chi connectivity index (χ4n) is 10.1. The highest BCUT2D eigenvalue weighted by atomic mass is 32.2. The molecule has 0 saturated heterocycles. The molecule has 0 radical (unpaired) electrons. The van der Waals surface area contributed by atoms with Gasteiger partial charge in [-0.05, 0) is 74.6 Å². The van der Waals surface area contributed by atoms with Crippen molar-refractivity contribution in [3.63, 3.8) is 0 Å². The summed E-state index contributed by atoms with van der Waals surface area (Å²) in [4.78, 5) is 21.4. The molecule has 2 aliphatic carbocycles. The van der Waals surface area contributed by atoms with Crippen LogP contribution in [0.4, 0.5) is 17.6 Å². The number of sulfone groups is 1. The maximum absolute atomic E-state index is 11.7. The number of ether oxygens (including phenoxy) is 10. The minimum Gasteiger partial charge on any atom is -0.394 e. The van der Waals surface area contributed by atoms with E-state index in [9.17, 15) is 8.42 Å². The van der Waals surface area contributed by atoms with Crippen molar-refractivity contribution in [2.75, 3.05) is 182 Å². The van der Waals surface area contributed by atoms with Crippen molar-refractivity contribution in [3.8, 4) is 22.5 Å². The molecule has 0 atom stereocenters. The van der Waals surface area contributed by atoms with Gasteiger partial charge in [0.2, 0.25) is 20.9 Å². The molecule has 26 nitrogen and oxygen atoms in total. The second kappa shape index (κ2) is 43.7. The first-order valence-electron chi connectivity index (χ1n) is 31.8. The van der Waals surface area contributed by atoms with E-state index >= 15 is 0 Å². The quantitative estimate of drug-likeness (QED) is 0.0274. The lowest BCUT2D eigenvalue weighted by atomic mass is 9.93. The van der Waals surface area contributed by atoms with Crippen molar-refractivity contribution in [1.29, 1.82) is 0 Å². The summed E-state index contributed by atoms with van der Waals surface area (Å²) in [7, 11) is 4.43. The molecule has 5 N–H and O–H groups in total. The number of hydrogen-bond acceptors (Lipinski definition) is 24. The number of hydrogen-bond donors (Lipinski definition) is 4. The third-order valence-corrected chi connectivity index (χ3v) is 15.4. The average Bonchev–Trinajstić information content (AvgIpc) is 1.64. The zero-order chi connectivity index (χ0) is 65.4. The number of aromatic nitrogens is 8. The molecule has 4 aromatic heterocycles. The van der Waals surface area contributed by atoms with Crippen molar-refractivity contribution in [3.05, 3.63) is 109 Å². The Hall–Kier alpha value is -6.15. The number of benzene rings is 2. The SMILES string of the molecule is CN(C)c1c(-c2ccnc(NC3CCC(OCCOCCOCCOCCOCCO)CC3)n2)cnn1Cc1ccccc1.CN(C)c1c(-c2ccnc(S(C)(=O)=O)n2)cnn1Cc1ccccc1.NC1CCC(OCCOCCOCCOCCOCCO)CC1.